The standard InChI is InChI=1S/C17H16O4/c1-17(2,3)10-4-8-5-11-12(21-7-20-11)6-9(8)13-14(10)16(19)15(13)18/h4-6,9-10H,7H2,1-3H3. The van der Waals surface area contributed by atoms with Crippen LogP contribution in [-0.4, -0.2) is 6.79 Å². The minimum atomic E-state index is -0.345. The van der Waals surface area contributed by atoms with Crippen LogP contribution in [0.3, 0.4) is 0 Å². The summed E-state index contributed by atoms with van der Waals surface area (Å²) in [5, 5.41) is 0. The van der Waals surface area contributed by atoms with Crippen LogP contribution in [0.4, 0.5) is 0 Å². The van der Waals surface area contributed by atoms with Gasteiger partial charge in [0.2, 0.25) is 17.7 Å². The Hall–Kier alpha value is -2.10. The highest BCUT2D eigenvalue weighted by Crippen LogP contribution is 2.48. The molecule has 0 bridgehead atoms. The van der Waals surface area contributed by atoms with Gasteiger partial charge in [-0.1, -0.05) is 26.8 Å². The Morgan fingerprint density at radius 2 is 1.67 bits per heavy atom. The van der Waals surface area contributed by atoms with Gasteiger partial charge in [-0.3, -0.25) is 9.59 Å². The van der Waals surface area contributed by atoms with E-state index in [4.69, 9.17) is 9.47 Å². The van der Waals surface area contributed by atoms with E-state index in [9.17, 15) is 9.59 Å². The molecule has 1 aromatic rings. The minimum absolute atomic E-state index is 0.0296. The molecule has 3 aliphatic rings. The molecular formula is C17H16O4. The summed E-state index contributed by atoms with van der Waals surface area (Å²) in [6, 6.07) is 0. The Morgan fingerprint density at radius 1 is 1.00 bits per heavy atom. The van der Waals surface area contributed by atoms with Gasteiger partial charge in [-0.15, -0.1) is 0 Å². The van der Waals surface area contributed by atoms with E-state index in [1.165, 1.54) is 0 Å². The zero-order valence-electron chi connectivity index (χ0n) is 12.2. The van der Waals surface area contributed by atoms with Gasteiger partial charge in [0, 0.05) is 23.0 Å². The van der Waals surface area contributed by atoms with Crippen LogP contribution < -0.4 is 10.9 Å². The fourth-order valence-electron chi connectivity index (χ4n) is 3.44. The lowest BCUT2D eigenvalue weighted by molar-refractivity contribution is 0.0978. The first-order chi connectivity index (χ1) is 9.88. The zero-order chi connectivity index (χ0) is 14.9. The van der Waals surface area contributed by atoms with E-state index in [1.807, 2.05) is 12.2 Å². The summed E-state index contributed by atoms with van der Waals surface area (Å²) in [6.45, 7) is 6.46. The fraction of sp³-hybridized carbons (Fsp3) is 0.412. The molecule has 108 valence electrons. The maximum atomic E-state index is 12.1. The molecule has 0 radical (unpaired) electrons. The van der Waals surface area contributed by atoms with Gasteiger partial charge >= 0.3 is 0 Å². The molecule has 4 heteroatoms. The Balaban J connectivity index is 1.93. The van der Waals surface area contributed by atoms with Crippen LogP contribution in [0.2, 0.25) is 0 Å². The summed E-state index contributed by atoms with van der Waals surface area (Å²) < 4.78 is 10.8. The largest absolute Gasteiger partial charge is 0.454 e. The molecule has 4 rings (SSSR count). The number of hydrogen-bond donors (Lipinski definition) is 0. The highest BCUT2D eigenvalue weighted by atomic mass is 16.7. The van der Waals surface area contributed by atoms with E-state index < -0.39 is 0 Å². The van der Waals surface area contributed by atoms with Gasteiger partial charge < -0.3 is 9.47 Å². The summed E-state index contributed by atoms with van der Waals surface area (Å²) in [5.41, 5.74) is 1.59. The molecule has 0 amide bonds. The first-order valence-electron chi connectivity index (χ1n) is 7.12. The summed E-state index contributed by atoms with van der Waals surface area (Å²) in [7, 11) is 0. The Morgan fingerprint density at radius 3 is 2.38 bits per heavy atom. The summed E-state index contributed by atoms with van der Waals surface area (Å²) in [6.07, 6.45) is 5.94. The van der Waals surface area contributed by atoms with Crippen molar-refractivity contribution in [2.24, 2.45) is 5.41 Å². The SMILES string of the molecule is CC(C)(C)C1C=C2C=C3OCOC3=CC2c2c1c(=O)c2=O. The van der Waals surface area contributed by atoms with Crippen molar-refractivity contribution in [3.63, 3.8) is 0 Å². The molecule has 2 unspecified atom stereocenters. The maximum absolute atomic E-state index is 12.1. The third-order valence-corrected chi connectivity index (χ3v) is 4.55. The molecule has 0 N–H and O–H groups in total. The molecule has 1 aliphatic heterocycles. The number of allylic oxidation sites excluding steroid dienone is 4. The van der Waals surface area contributed by atoms with Crippen molar-refractivity contribution in [3.8, 4) is 0 Å². The van der Waals surface area contributed by atoms with Crippen molar-refractivity contribution in [1.82, 2.24) is 0 Å². The average Bonchev–Trinajstić information content (AvgIpc) is 2.87. The van der Waals surface area contributed by atoms with E-state index in [2.05, 4.69) is 26.8 Å². The van der Waals surface area contributed by atoms with Crippen molar-refractivity contribution < 1.29 is 9.47 Å². The summed E-state index contributed by atoms with van der Waals surface area (Å²) >= 11 is 0. The molecular weight excluding hydrogens is 268 g/mol. The number of hydrogen-bond acceptors (Lipinski definition) is 4. The van der Waals surface area contributed by atoms with Crippen molar-refractivity contribution in [2.45, 2.75) is 32.6 Å². The predicted molar refractivity (Wildman–Crippen MR) is 77.6 cm³/mol. The number of rotatable bonds is 0. The van der Waals surface area contributed by atoms with E-state index in [0.29, 0.717) is 22.6 Å². The van der Waals surface area contributed by atoms with Gasteiger partial charge in [0.1, 0.15) is 0 Å². The van der Waals surface area contributed by atoms with Gasteiger partial charge in [-0.25, -0.2) is 0 Å². The zero-order valence-corrected chi connectivity index (χ0v) is 12.2. The molecule has 4 nitrogen and oxygen atoms in total. The van der Waals surface area contributed by atoms with Crippen LogP contribution in [0.1, 0.15) is 43.7 Å². The Kier molecular flexibility index (Phi) is 2.26. The molecule has 21 heavy (non-hydrogen) atoms. The second-order valence-corrected chi connectivity index (χ2v) is 6.92. The number of fused-ring (bicyclic) bond motifs is 4. The first kappa shape index (κ1) is 12.6. The molecule has 1 saturated heterocycles. The predicted octanol–water partition coefficient (Wildman–Crippen LogP) is 2.22. The Labute approximate surface area is 122 Å². The van der Waals surface area contributed by atoms with Gasteiger partial charge in [-0.05, 0) is 23.1 Å². The van der Waals surface area contributed by atoms with Crippen molar-refractivity contribution in [2.75, 3.05) is 6.79 Å². The monoisotopic (exact) mass is 284 g/mol. The molecule has 1 aromatic carbocycles. The van der Waals surface area contributed by atoms with Gasteiger partial charge in [0.15, 0.2) is 11.5 Å². The molecule has 2 aliphatic carbocycles. The highest BCUT2D eigenvalue weighted by Gasteiger charge is 2.42. The summed E-state index contributed by atoms with van der Waals surface area (Å²) in [5.74, 6) is 1.19. The lowest BCUT2D eigenvalue weighted by Crippen LogP contribution is -2.46. The minimum Gasteiger partial charge on any atom is -0.454 e. The summed E-state index contributed by atoms with van der Waals surface area (Å²) in [4.78, 5) is 24.1. The van der Waals surface area contributed by atoms with Crippen LogP contribution >= 0.6 is 0 Å². The third-order valence-electron chi connectivity index (χ3n) is 4.55. The molecule has 0 saturated carbocycles. The second-order valence-electron chi connectivity index (χ2n) is 6.92. The maximum Gasteiger partial charge on any atom is 0.231 e. The molecule has 2 atom stereocenters. The fourth-order valence-corrected chi connectivity index (χ4v) is 3.44. The lowest BCUT2D eigenvalue weighted by atomic mass is 9.65. The lowest BCUT2D eigenvalue weighted by Gasteiger charge is -2.37. The normalized spacial score (nSPS) is 26.7. The second kappa shape index (κ2) is 3.75. The topological polar surface area (TPSA) is 52.6 Å². The van der Waals surface area contributed by atoms with Crippen molar-refractivity contribution in [1.29, 1.82) is 0 Å². The van der Waals surface area contributed by atoms with Crippen LogP contribution in [0.5, 0.6) is 0 Å². The van der Waals surface area contributed by atoms with Crippen LogP contribution in [-0.2, 0) is 9.47 Å². The van der Waals surface area contributed by atoms with E-state index in [0.717, 1.165) is 5.57 Å². The average molecular weight is 284 g/mol. The molecule has 1 fully saturated rings. The molecule has 0 aromatic heterocycles. The van der Waals surface area contributed by atoms with E-state index >= 15 is 0 Å². The van der Waals surface area contributed by atoms with E-state index in [-0.39, 0.29) is 34.9 Å². The smallest absolute Gasteiger partial charge is 0.231 e. The van der Waals surface area contributed by atoms with Crippen LogP contribution in [0.25, 0.3) is 0 Å². The quantitative estimate of drug-likeness (QED) is 0.685. The van der Waals surface area contributed by atoms with Crippen LogP contribution in [0.15, 0.2) is 44.9 Å². The molecule has 0 spiro atoms. The highest BCUT2D eigenvalue weighted by molar-refractivity contribution is 5.58. The number of ether oxygens (including phenoxy) is 2. The van der Waals surface area contributed by atoms with Gasteiger partial charge in [0.25, 0.3) is 0 Å². The third kappa shape index (κ3) is 1.56. The first-order valence-corrected chi connectivity index (χ1v) is 7.12. The van der Waals surface area contributed by atoms with Crippen molar-refractivity contribution >= 4 is 0 Å². The Bertz CT molecular complexity index is 807. The van der Waals surface area contributed by atoms with E-state index in [1.54, 1.807) is 0 Å². The van der Waals surface area contributed by atoms with Gasteiger partial charge in [0.05, 0.1) is 0 Å². The van der Waals surface area contributed by atoms with Crippen LogP contribution in [0, 0.1) is 5.41 Å². The van der Waals surface area contributed by atoms with Gasteiger partial charge in [-0.2, -0.15) is 0 Å². The van der Waals surface area contributed by atoms with Crippen molar-refractivity contribution in [3.05, 3.63) is 66.9 Å². The molecule has 1 heterocycles.